The Hall–Kier alpha value is -3.32. The first-order valence-corrected chi connectivity index (χ1v) is 11.6. The summed E-state index contributed by atoms with van der Waals surface area (Å²) < 4.78 is 35.7. The predicted molar refractivity (Wildman–Crippen MR) is 122 cm³/mol. The number of sulfonamides is 1. The molecule has 0 amide bonds. The number of hydrogen-bond donors (Lipinski definition) is 1. The molecule has 162 valence electrons. The van der Waals surface area contributed by atoms with Crippen molar-refractivity contribution in [3.05, 3.63) is 90.0 Å². The highest BCUT2D eigenvalue weighted by Gasteiger charge is 2.12. The number of hydrazone groups is 1. The number of hydrogen-bond acceptors (Lipinski definition) is 5. The molecule has 3 rings (SSSR count). The molecule has 0 aliphatic heterocycles. The Morgan fingerprint density at radius 2 is 1.52 bits per heavy atom. The van der Waals surface area contributed by atoms with Gasteiger partial charge in [0, 0.05) is 0 Å². The summed E-state index contributed by atoms with van der Waals surface area (Å²) in [7, 11) is -3.74. The lowest BCUT2D eigenvalue weighted by atomic mass is 10.1. The van der Waals surface area contributed by atoms with E-state index in [4.69, 9.17) is 9.47 Å². The van der Waals surface area contributed by atoms with Crippen LogP contribution in [0.3, 0.4) is 0 Å². The predicted octanol–water partition coefficient (Wildman–Crippen LogP) is 4.41. The minimum absolute atomic E-state index is 0.118. The van der Waals surface area contributed by atoms with Crippen molar-refractivity contribution in [2.75, 3.05) is 13.2 Å². The largest absolute Gasteiger partial charge is 0.494 e. The van der Waals surface area contributed by atoms with Crippen LogP contribution in [0, 0.1) is 0 Å². The maximum Gasteiger partial charge on any atom is 0.276 e. The van der Waals surface area contributed by atoms with Crippen LogP contribution in [0.1, 0.15) is 24.5 Å². The Balaban J connectivity index is 1.46. The molecule has 0 atom stereocenters. The quantitative estimate of drug-likeness (QED) is 0.273. The fourth-order valence-electron chi connectivity index (χ4n) is 2.87. The highest BCUT2D eigenvalue weighted by atomic mass is 32.2. The molecular weight excluding hydrogens is 412 g/mol. The van der Waals surface area contributed by atoms with Crippen LogP contribution in [-0.2, 0) is 16.4 Å². The highest BCUT2D eigenvalue weighted by molar-refractivity contribution is 7.89. The van der Waals surface area contributed by atoms with Gasteiger partial charge in [0.05, 0.1) is 24.3 Å². The van der Waals surface area contributed by atoms with E-state index < -0.39 is 10.0 Å². The highest BCUT2D eigenvalue weighted by Crippen LogP contribution is 2.16. The minimum atomic E-state index is -3.74. The fourth-order valence-corrected chi connectivity index (χ4v) is 3.66. The average molecular weight is 439 g/mol. The van der Waals surface area contributed by atoms with Crippen molar-refractivity contribution in [1.29, 1.82) is 0 Å². The van der Waals surface area contributed by atoms with Crippen molar-refractivity contribution in [1.82, 2.24) is 4.83 Å². The zero-order valence-electron chi connectivity index (χ0n) is 17.4. The molecule has 0 aliphatic rings. The van der Waals surface area contributed by atoms with Gasteiger partial charge in [-0.1, -0.05) is 30.3 Å². The lowest BCUT2D eigenvalue weighted by Gasteiger charge is -2.07. The third-order valence-corrected chi connectivity index (χ3v) is 5.67. The summed E-state index contributed by atoms with van der Waals surface area (Å²) in [6, 6.07) is 23.8. The van der Waals surface area contributed by atoms with Gasteiger partial charge in [0.1, 0.15) is 11.5 Å². The molecule has 3 aromatic carbocycles. The molecule has 0 aromatic heterocycles. The number of ether oxygens (including phenoxy) is 2. The van der Waals surface area contributed by atoms with Crippen LogP contribution in [-0.4, -0.2) is 27.8 Å². The van der Waals surface area contributed by atoms with E-state index in [0.717, 1.165) is 24.2 Å². The van der Waals surface area contributed by atoms with E-state index in [1.54, 1.807) is 12.1 Å². The Labute approximate surface area is 183 Å². The topological polar surface area (TPSA) is 77.0 Å². The Bertz CT molecular complexity index is 1060. The number of nitrogens with zero attached hydrogens (tertiary/aromatic N) is 1. The van der Waals surface area contributed by atoms with E-state index in [9.17, 15) is 8.42 Å². The number of aryl methyl sites for hydroxylation is 1. The van der Waals surface area contributed by atoms with E-state index in [0.29, 0.717) is 19.0 Å². The number of nitrogens with one attached hydrogen (secondary N) is 1. The normalized spacial score (nSPS) is 11.4. The van der Waals surface area contributed by atoms with Gasteiger partial charge in [0.2, 0.25) is 0 Å². The van der Waals surface area contributed by atoms with Gasteiger partial charge in [-0.05, 0) is 79.4 Å². The Morgan fingerprint density at radius 1 is 0.871 bits per heavy atom. The van der Waals surface area contributed by atoms with Crippen LogP contribution in [0.4, 0.5) is 0 Å². The average Bonchev–Trinajstić information content (AvgIpc) is 2.79. The molecule has 6 nitrogen and oxygen atoms in total. The Kier molecular flexibility index (Phi) is 8.06. The Morgan fingerprint density at radius 3 is 2.19 bits per heavy atom. The summed E-state index contributed by atoms with van der Waals surface area (Å²) in [6.07, 6.45) is 3.35. The van der Waals surface area contributed by atoms with Gasteiger partial charge in [-0.15, -0.1) is 0 Å². The van der Waals surface area contributed by atoms with Gasteiger partial charge in [0.15, 0.2) is 0 Å². The van der Waals surface area contributed by atoms with Gasteiger partial charge in [-0.25, -0.2) is 4.83 Å². The SMILES string of the molecule is CCOc1ccc(S(=O)(=O)N/N=C/c2ccc(OCCCc3ccccc3)cc2)cc1. The van der Waals surface area contributed by atoms with Crippen molar-refractivity contribution < 1.29 is 17.9 Å². The van der Waals surface area contributed by atoms with Crippen molar-refractivity contribution in [2.24, 2.45) is 5.10 Å². The third-order valence-electron chi connectivity index (χ3n) is 4.43. The van der Waals surface area contributed by atoms with Crippen LogP contribution in [0.2, 0.25) is 0 Å². The van der Waals surface area contributed by atoms with Crippen molar-refractivity contribution in [2.45, 2.75) is 24.7 Å². The van der Waals surface area contributed by atoms with Crippen LogP contribution >= 0.6 is 0 Å². The summed E-state index contributed by atoms with van der Waals surface area (Å²) in [6.45, 7) is 3.02. The second kappa shape index (κ2) is 11.2. The molecule has 0 bridgehead atoms. The second-order valence-corrected chi connectivity index (χ2v) is 8.42. The van der Waals surface area contributed by atoms with Gasteiger partial charge >= 0.3 is 0 Å². The molecule has 0 saturated heterocycles. The standard InChI is InChI=1S/C24H26N2O4S/c1-2-29-22-14-16-24(17-15-22)31(27,28)26-25-19-21-10-12-23(13-11-21)30-18-6-9-20-7-4-3-5-8-20/h3-5,7-8,10-17,19,26H,2,6,9,18H2,1H3/b25-19+. The maximum absolute atomic E-state index is 12.3. The smallest absolute Gasteiger partial charge is 0.276 e. The molecule has 0 heterocycles. The summed E-state index contributed by atoms with van der Waals surface area (Å²) in [5, 5.41) is 3.85. The maximum atomic E-state index is 12.3. The zero-order chi connectivity index (χ0) is 21.9. The molecule has 0 unspecified atom stereocenters. The summed E-state index contributed by atoms with van der Waals surface area (Å²) >= 11 is 0. The van der Waals surface area contributed by atoms with Crippen LogP contribution in [0.15, 0.2) is 88.9 Å². The van der Waals surface area contributed by atoms with E-state index in [1.807, 2.05) is 49.4 Å². The van der Waals surface area contributed by atoms with Gasteiger partial charge in [-0.2, -0.15) is 13.5 Å². The fraction of sp³-hybridized carbons (Fsp3) is 0.208. The second-order valence-electron chi connectivity index (χ2n) is 6.76. The van der Waals surface area contributed by atoms with Crippen molar-refractivity contribution in [3.8, 4) is 11.5 Å². The van der Waals surface area contributed by atoms with Crippen molar-refractivity contribution >= 4 is 16.2 Å². The zero-order valence-corrected chi connectivity index (χ0v) is 18.2. The molecule has 0 saturated carbocycles. The monoisotopic (exact) mass is 438 g/mol. The van der Waals surface area contributed by atoms with E-state index in [1.165, 1.54) is 23.9 Å². The van der Waals surface area contributed by atoms with Crippen LogP contribution < -0.4 is 14.3 Å². The molecular formula is C24H26N2O4S. The van der Waals surface area contributed by atoms with Gasteiger partial charge < -0.3 is 9.47 Å². The first-order valence-electron chi connectivity index (χ1n) is 10.1. The van der Waals surface area contributed by atoms with E-state index in [-0.39, 0.29) is 4.90 Å². The lowest BCUT2D eigenvalue weighted by Crippen LogP contribution is -2.18. The van der Waals surface area contributed by atoms with Crippen LogP contribution in [0.5, 0.6) is 11.5 Å². The molecule has 0 spiro atoms. The number of rotatable bonds is 11. The first kappa shape index (κ1) is 22.4. The van der Waals surface area contributed by atoms with Gasteiger partial charge in [-0.3, -0.25) is 0 Å². The molecule has 0 aliphatic carbocycles. The molecule has 0 fully saturated rings. The molecule has 31 heavy (non-hydrogen) atoms. The summed E-state index contributed by atoms with van der Waals surface area (Å²) in [5.41, 5.74) is 2.05. The molecule has 1 N–H and O–H groups in total. The van der Waals surface area contributed by atoms with Gasteiger partial charge in [0.25, 0.3) is 10.0 Å². The summed E-state index contributed by atoms with van der Waals surface area (Å²) in [4.78, 5) is 2.33. The molecule has 0 radical (unpaired) electrons. The summed E-state index contributed by atoms with van der Waals surface area (Å²) in [5.74, 6) is 1.38. The van der Waals surface area contributed by atoms with E-state index in [2.05, 4.69) is 22.1 Å². The minimum Gasteiger partial charge on any atom is -0.494 e. The third kappa shape index (κ3) is 7.15. The first-order chi connectivity index (χ1) is 15.1. The van der Waals surface area contributed by atoms with E-state index >= 15 is 0 Å². The number of benzene rings is 3. The lowest BCUT2D eigenvalue weighted by molar-refractivity contribution is 0.311. The molecule has 7 heteroatoms. The molecule has 3 aromatic rings. The van der Waals surface area contributed by atoms with Crippen LogP contribution in [0.25, 0.3) is 0 Å². The van der Waals surface area contributed by atoms with Crippen molar-refractivity contribution in [3.63, 3.8) is 0 Å².